The van der Waals surface area contributed by atoms with Crippen molar-refractivity contribution in [2.24, 2.45) is 5.92 Å². The molecule has 146 valence electrons. The molecule has 1 unspecified atom stereocenters. The Morgan fingerprint density at radius 1 is 1.11 bits per heavy atom. The van der Waals surface area contributed by atoms with Crippen LogP contribution >= 0.6 is 0 Å². The summed E-state index contributed by atoms with van der Waals surface area (Å²) in [4.78, 5) is 25.5. The van der Waals surface area contributed by atoms with E-state index in [1.165, 1.54) is 26.0 Å². The van der Waals surface area contributed by atoms with Gasteiger partial charge in [-0.1, -0.05) is 36.8 Å². The number of benzene rings is 1. The molecule has 2 aliphatic rings. The van der Waals surface area contributed by atoms with E-state index in [9.17, 15) is 18.0 Å². The van der Waals surface area contributed by atoms with E-state index in [0.29, 0.717) is 0 Å². The minimum atomic E-state index is -4.27. The summed E-state index contributed by atoms with van der Waals surface area (Å²) in [7, 11) is -4.27. The third-order valence-corrected chi connectivity index (χ3v) is 5.77. The van der Waals surface area contributed by atoms with Crippen molar-refractivity contribution in [3.8, 4) is 0 Å². The Labute approximate surface area is 157 Å². The summed E-state index contributed by atoms with van der Waals surface area (Å²) < 4.78 is 41.1. The Hall–Kier alpha value is -2.23. The lowest BCUT2D eigenvalue weighted by molar-refractivity contribution is -0.273. The maximum Gasteiger partial charge on any atom is 0.344 e. The first-order valence-corrected chi connectivity index (χ1v) is 9.82. The number of nitrogens with zero attached hydrogens (tertiary/aromatic N) is 1. The number of carbonyl (C=O) groups is 2. The zero-order valence-electron chi connectivity index (χ0n) is 15.5. The van der Waals surface area contributed by atoms with Crippen LogP contribution in [0.15, 0.2) is 41.3 Å². The van der Waals surface area contributed by atoms with Crippen LogP contribution in [-0.4, -0.2) is 43.3 Å². The molecule has 1 fully saturated rings. The van der Waals surface area contributed by atoms with Gasteiger partial charge in [0, 0.05) is 26.3 Å². The molecule has 1 aromatic carbocycles. The van der Waals surface area contributed by atoms with E-state index in [1.807, 2.05) is 6.92 Å². The second-order valence-electron chi connectivity index (χ2n) is 7.06. The predicted molar refractivity (Wildman–Crippen MR) is 93.5 cm³/mol. The molecule has 0 aliphatic carbocycles. The van der Waals surface area contributed by atoms with Gasteiger partial charge in [-0.25, -0.2) is 9.59 Å². The predicted octanol–water partition coefficient (Wildman–Crippen LogP) is 1.70. The number of cyclic esters (lactones) is 2. The third kappa shape index (κ3) is 3.26. The summed E-state index contributed by atoms with van der Waals surface area (Å²) in [5, 5.41) is 0.826. The Morgan fingerprint density at radius 3 is 2.22 bits per heavy atom. The summed E-state index contributed by atoms with van der Waals surface area (Å²) in [6, 6.07) is 6.02. The number of esters is 2. The Balaban J connectivity index is 2.01. The molecular formula is C18H21NO7S. The van der Waals surface area contributed by atoms with Gasteiger partial charge in [0.2, 0.25) is 5.54 Å². The number of ether oxygens (including phenoxy) is 2. The normalized spacial score (nSPS) is 24.5. The maximum atomic E-state index is 12.8. The van der Waals surface area contributed by atoms with E-state index in [1.54, 1.807) is 31.2 Å². The van der Waals surface area contributed by atoms with Crippen LogP contribution in [0.3, 0.4) is 0 Å². The van der Waals surface area contributed by atoms with Crippen LogP contribution in [0.1, 0.15) is 26.3 Å². The SMILES string of the molecule is Cc1ccc(S(=O)(=O)ON2CC=CC(C)C23C(=O)OC(C)(C)OC3=O)cc1. The van der Waals surface area contributed by atoms with E-state index in [0.717, 1.165) is 10.6 Å². The molecule has 3 rings (SSSR count). The average Bonchev–Trinajstić information content (AvgIpc) is 2.53. The number of hydroxylamine groups is 2. The number of aryl methyl sites for hydroxylation is 1. The molecule has 1 saturated heterocycles. The number of hydrogen-bond donors (Lipinski definition) is 0. The van der Waals surface area contributed by atoms with Gasteiger partial charge in [0.25, 0.3) is 5.79 Å². The van der Waals surface area contributed by atoms with Crippen LogP contribution < -0.4 is 0 Å². The molecule has 0 radical (unpaired) electrons. The molecule has 9 heteroatoms. The van der Waals surface area contributed by atoms with Crippen LogP contribution in [0, 0.1) is 12.8 Å². The molecule has 2 heterocycles. The van der Waals surface area contributed by atoms with Crippen molar-refractivity contribution in [1.29, 1.82) is 0 Å². The highest BCUT2D eigenvalue weighted by molar-refractivity contribution is 7.86. The molecular weight excluding hydrogens is 374 g/mol. The third-order valence-electron chi connectivity index (χ3n) is 4.55. The Bertz CT molecular complexity index is 882. The summed E-state index contributed by atoms with van der Waals surface area (Å²) in [6.45, 7) is 6.14. The second kappa shape index (κ2) is 6.43. The van der Waals surface area contributed by atoms with Crippen LogP contribution in [0.4, 0.5) is 0 Å². The lowest BCUT2D eigenvalue weighted by Crippen LogP contribution is -2.70. The fourth-order valence-electron chi connectivity index (χ4n) is 3.11. The number of carbonyl (C=O) groups excluding carboxylic acids is 2. The number of rotatable bonds is 3. The average molecular weight is 395 g/mol. The highest BCUT2D eigenvalue weighted by Crippen LogP contribution is 2.39. The van der Waals surface area contributed by atoms with Gasteiger partial charge in [-0.2, -0.15) is 12.7 Å². The van der Waals surface area contributed by atoms with Crippen LogP contribution in [-0.2, 0) is 33.5 Å². The first kappa shape index (κ1) is 19.5. The van der Waals surface area contributed by atoms with Gasteiger partial charge in [-0.15, -0.1) is 5.06 Å². The Kier molecular flexibility index (Phi) is 4.65. The van der Waals surface area contributed by atoms with Crippen molar-refractivity contribution in [3.05, 3.63) is 42.0 Å². The molecule has 8 nitrogen and oxygen atoms in total. The largest absolute Gasteiger partial charge is 0.421 e. The van der Waals surface area contributed by atoms with Gasteiger partial charge >= 0.3 is 22.1 Å². The van der Waals surface area contributed by atoms with E-state index in [2.05, 4.69) is 0 Å². The van der Waals surface area contributed by atoms with Crippen LogP contribution in [0.5, 0.6) is 0 Å². The second-order valence-corrected chi connectivity index (χ2v) is 8.59. The molecule has 1 aromatic rings. The molecule has 2 aliphatic heterocycles. The first-order chi connectivity index (χ1) is 12.5. The van der Waals surface area contributed by atoms with Crippen LogP contribution in [0.2, 0.25) is 0 Å². The van der Waals surface area contributed by atoms with E-state index >= 15 is 0 Å². The molecule has 0 aromatic heterocycles. The lowest BCUT2D eigenvalue weighted by atomic mass is 9.81. The smallest absolute Gasteiger partial charge is 0.344 e. The molecule has 0 bridgehead atoms. The zero-order valence-corrected chi connectivity index (χ0v) is 16.3. The van der Waals surface area contributed by atoms with Crippen molar-refractivity contribution < 1.29 is 31.8 Å². The van der Waals surface area contributed by atoms with Crippen molar-refractivity contribution in [3.63, 3.8) is 0 Å². The van der Waals surface area contributed by atoms with Crippen molar-refractivity contribution in [1.82, 2.24) is 5.06 Å². The first-order valence-electron chi connectivity index (χ1n) is 8.41. The number of hydrogen-bond acceptors (Lipinski definition) is 8. The lowest BCUT2D eigenvalue weighted by Gasteiger charge is -2.47. The topological polar surface area (TPSA) is 99.2 Å². The molecule has 1 atom stereocenters. The van der Waals surface area contributed by atoms with Gasteiger partial charge in [0.1, 0.15) is 0 Å². The van der Waals surface area contributed by atoms with Gasteiger partial charge in [-0.05, 0) is 19.1 Å². The Morgan fingerprint density at radius 2 is 1.67 bits per heavy atom. The highest BCUT2D eigenvalue weighted by Gasteiger charge is 2.65. The molecule has 0 N–H and O–H groups in total. The molecule has 0 amide bonds. The summed E-state index contributed by atoms with van der Waals surface area (Å²) >= 11 is 0. The van der Waals surface area contributed by atoms with E-state index in [4.69, 9.17) is 13.8 Å². The van der Waals surface area contributed by atoms with Gasteiger partial charge in [0.05, 0.1) is 4.90 Å². The van der Waals surface area contributed by atoms with Crippen molar-refractivity contribution in [2.45, 2.75) is 43.9 Å². The summed E-state index contributed by atoms with van der Waals surface area (Å²) in [5.41, 5.74) is -1.16. The fraction of sp³-hybridized carbons (Fsp3) is 0.444. The minimum absolute atomic E-state index is 0.0941. The highest BCUT2D eigenvalue weighted by atomic mass is 32.2. The van der Waals surface area contributed by atoms with E-state index in [-0.39, 0.29) is 11.4 Å². The van der Waals surface area contributed by atoms with Crippen molar-refractivity contribution in [2.75, 3.05) is 6.54 Å². The molecule has 1 spiro atoms. The monoisotopic (exact) mass is 395 g/mol. The molecule has 27 heavy (non-hydrogen) atoms. The van der Waals surface area contributed by atoms with Gasteiger partial charge < -0.3 is 9.47 Å². The maximum absolute atomic E-state index is 12.8. The summed E-state index contributed by atoms with van der Waals surface area (Å²) in [5.74, 6) is -4.00. The van der Waals surface area contributed by atoms with Crippen molar-refractivity contribution >= 4 is 22.1 Å². The quantitative estimate of drug-likeness (QED) is 0.433. The molecule has 0 saturated carbocycles. The summed E-state index contributed by atoms with van der Waals surface area (Å²) in [6.07, 6.45) is 3.24. The fourth-order valence-corrected chi connectivity index (χ4v) is 4.08. The van der Waals surface area contributed by atoms with Crippen LogP contribution in [0.25, 0.3) is 0 Å². The van der Waals surface area contributed by atoms with Gasteiger partial charge in [-0.3, -0.25) is 0 Å². The van der Waals surface area contributed by atoms with E-state index < -0.39 is 39.3 Å². The zero-order chi connectivity index (χ0) is 20.0. The standard InChI is InChI=1S/C18H21NO7S/c1-12-7-9-14(10-8-12)27(22,23)26-19-11-5-6-13(2)18(19)15(20)24-17(3,4)25-16(18)21/h5-10,13H,11H2,1-4H3. The minimum Gasteiger partial charge on any atom is -0.421 e. The van der Waals surface area contributed by atoms with Gasteiger partial charge in [0.15, 0.2) is 0 Å².